The summed E-state index contributed by atoms with van der Waals surface area (Å²) in [6.07, 6.45) is 1.34. The third-order valence-corrected chi connectivity index (χ3v) is 3.04. The number of hydrogen-bond donors (Lipinski definition) is 2. The van der Waals surface area contributed by atoms with Crippen molar-refractivity contribution in [3.05, 3.63) is 23.2 Å². The fraction of sp³-hybridized carbons (Fsp3) is 0.588. The van der Waals surface area contributed by atoms with Crippen LogP contribution in [0.2, 0.25) is 5.02 Å². The van der Waals surface area contributed by atoms with E-state index in [1.807, 2.05) is 39.0 Å². The van der Waals surface area contributed by atoms with E-state index in [2.05, 4.69) is 17.6 Å². The third-order valence-electron chi connectivity index (χ3n) is 2.74. The summed E-state index contributed by atoms with van der Waals surface area (Å²) in [5.41, 5.74) is 0.455. The van der Waals surface area contributed by atoms with Gasteiger partial charge in [-0.25, -0.2) is 4.79 Å². The first-order chi connectivity index (χ1) is 10.8. The summed E-state index contributed by atoms with van der Waals surface area (Å²) < 4.78 is 10.7. The van der Waals surface area contributed by atoms with Crippen molar-refractivity contribution < 1.29 is 14.3 Å². The van der Waals surface area contributed by atoms with Crippen molar-refractivity contribution >= 4 is 23.4 Å². The Kier molecular flexibility index (Phi) is 8.03. The Labute approximate surface area is 143 Å². The molecule has 5 nitrogen and oxygen atoms in total. The third kappa shape index (κ3) is 8.55. The Morgan fingerprint density at radius 3 is 2.61 bits per heavy atom. The number of hydrogen-bond acceptors (Lipinski definition) is 4. The fourth-order valence-electron chi connectivity index (χ4n) is 1.77. The molecule has 0 atom stereocenters. The van der Waals surface area contributed by atoms with Gasteiger partial charge in [0.25, 0.3) is 0 Å². The second-order valence-corrected chi connectivity index (χ2v) is 6.61. The minimum absolute atomic E-state index is 0.391. The number of amides is 1. The number of anilines is 1. The van der Waals surface area contributed by atoms with E-state index < -0.39 is 11.7 Å². The topological polar surface area (TPSA) is 59.6 Å². The maximum absolute atomic E-state index is 11.5. The van der Waals surface area contributed by atoms with Crippen LogP contribution in [0.1, 0.15) is 40.5 Å². The van der Waals surface area contributed by atoms with Gasteiger partial charge in [0, 0.05) is 18.8 Å². The fourth-order valence-corrected chi connectivity index (χ4v) is 2.00. The molecule has 23 heavy (non-hydrogen) atoms. The number of halogens is 1. The quantitative estimate of drug-likeness (QED) is 0.685. The van der Waals surface area contributed by atoms with Gasteiger partial charge >= 0.3 is 6.09 Å². The van der Waals surface area contributed by atoms with Gasteiger partial charge in [0.1, 0.15) is 11.4 Å². The van der Waals surface area contributed by atoms with E-state index in [1.54, 1.807) is 0 Å². The summed E-state index contributed by atoms with van der Waals surface area (Å²) >= 11 is 6.17. The molecule has 130 valence electrons. The summed E-state index contributed by atoms with van der Waals surface area (Å²) in [7, 11) is 0. The minimum atomic E-state index is -0.472. The van der Waals surface area contributed by atoms with E-state index in [4.69, 9.17) is 21.1 Å². The molecule has 0 heterocycles. The molecule has 6 heteroatoms. The molecular formula is C17H27ClN2O3. The lowest BCUT2D eigenvalue weighted by Crippen LogP contribution is -2.33. The van der Waals surface area contributed by atoms with Crippen LogP contribution < -0.4 is 15.4 Å². The zero-order valence-corrected chi connectivity index (χ0v) is 15.1. The average molecular weight is 343 g/mol. The van der Waals surface area contributed by atoms with Crippen molar-refractivity contribution in [2.24, 2.45) is 0 Å². The molecule has 1 aromatic carbocycles. The second-order valence-electron chi connectivity index (χ2n) is 6.20. The summed E-state index contributed by atoms with van der Waals surface area (Å²) in [6.45, 7) is 9.50. The normalized spacial score (nSPS) is 11.0. The molecule has 0 radical (unpaired) electrons. The molecule has 2 N–H and O–H groups in total. The predicted molar refractivity (Wildman–Crippen MR) is 94.6 cm³/mol. The summed E-state index contributed by atoms with van der Waals surface area (Å²) in [6, 6.07) is 5.63. The number of benzene rings is 1. The molecule has 0 aliphatic carbocycles. The molecule has 0 aromatic heterocycles. The molecule has 0 aliphatic rings. The monoisotopic (exact) mass is 342 g/mol. The van der Waals surface area contributed by atoms with Gasteiger partial charge < -0.3 is 20.1 Å². The van der Waals surface area contributed by atoms with E-state index in [0.29, 0.717) is 23.9 Å². The van der Waals surface area contributed by atoms with Crippen molar-refractivity contribution in [2.45, 2.75) is 46.1 Å². The zero-order chi connectivity index (χ0) is 17.3. The van der Waals surface area contributed by atoms with Crippen LogP contribution in [0.3, 0.4) is 0 Å². The van der Waals surface area contributed by atoms with Crippen LogP contribution in [0, 0.1) is 0 Å². The SMILES string of the molecule is CCCOc1ccc(NCCCNC(=O)OC(C)(C)C)cc1Cl. The number of nitrogens with one attached hydrogen (secondary N) is 2. The summed E-state index contributed by atoms with van der Waals surface area (Å²) in [5, 5.41) is 6.57. The Morgan fingerprint density at radius 1 is 1.26 bits per heavy atom. The molecule has 0 spiro atoms. The summed E-state index contributed by atoms with van der Waals surface area (Å²) in [4.78, 5) is 11.5. The van der Waals surface area contributed by atoms with Gasteiger partial charge in [0.05, 0.1) is 11.6 Å². The molecular weight excluding hydrogens is 316 g/mol. The maximum atomic E-state index is 11.5. The molecule has 0 saturated heterocycles. The van der Waals surface area contributed by atoms with Crippen LogP contribution in [0.5, 0.6) is 5.75 Å². The first-order valence-electron chi connectivity index (χ1n) is 7.95. The maximum Gasteiger partial charge on any atom is 0.407 e. The molecule has 0 saturated carbocycles. The van der Waals surface area contributed by atoms with Crippen molar-refractivity contribution in [3.8, 4) is 5.75 Å². The standard InChI is InChI=1S/C17H27ClN2O3/c1-5-11-22-15-8-7-13(12-14(15)18)19-9-6-10-20-16(21)23-17(2,3)4/h7-8,12,19H,5-6,9-11H2,1-4H3,(H,20,21). The Hall–Kier alpha value is -1.62. The van der Waals surface area contributed by atoms with Gasteiger partial charge in [-0.1, -0.05) is 18.5 Å². The van der Waals surface area contributed by atoms with Crippen molar-refractivity contribution in [1.82, 2.24) is 5.32 Å². The molecule has 0 unspecified atom stereocenters. The van der Waals surface area contributed by atoms with Gasteiger partial charge in [0.2, 0.25) is 0 Å². The van der Waals surface area contributed by atoms with Gasteiger partial charge in [-0.3, -0.25) is 0 Å². The smallest absolute Gasteiger partial charge is 0.407 e. The summed E-state index contributed by atoms with van der Waals surface area (Å²) in [5.74, 6) is 0.700. The Bertz CT molecular complexity index is 501. The van der Waals surface area contributed by atoms with Crippen LogP contribution in [0.15, 0.2) is 18.2 Å². The molecule has 0 aliphatic heterocycles. The van der Waals surface area contributed by atoms with E-state index in [0.717, 1.165) is 25.1 Å². The predicted octanol–water partition coefficient (Wildman–Crippen LogP) is 4.46. The molecule has 0 bridgehead atoms. The highest BCUT2D eigenvalue weighted by atomic mass is 35.5. The van der Waals surface area contributed by atoms with E-state index in [1.165, 1.54) is 0 Å². The van der Waals surface area contributed by atoms with Gasteiger partial charge in [0.15, 0.2) is 0 Å². The number of rotatable bonds is 8. The van der Waals surface area contributed by atoms with Crippen molar-refractivity contribution in [1.29, 1.82) is 0 Å². The Balaban J connectivity index is 2.26. The largest absolute Gasteiger partial charge is 0.492 e. The Morgan fingerprint density at radius 2 is 2.00 bits per heavy atom. The number of ether oxygens (including phenoxy) is 2. The first kappa shape index (κ1) is 19.4. The molecule has 0 fully saturated rings. The van der Waals surface area contributed by atoms with E-state index in [9.17, 15) is 4.79 Å². The molecule has 1 rings (SSSR count). The highest BCUT2D eigenvalue weighted by molar-refractivity contribution is 6.32. The zero-order valence-electron chi connectivity index (χ0n) is 14.4. The second kappa shape index (κ2) is 9.50. The number of carbonyl (C=O) groups is 1. The average Bonchev–Trinajstić information content (AvgIpc) is 2.44. The lowest BCUT2D eigenvalue weighted by atomic mass is 10.2. The van der Waals surface area contributed by atoms with E-state index >= 15 is 0 Å². The van der Waals surface area contributed by atoms with Gasteiger partial charge in [-0.05, 0) is 51.8 Å². The molecule has 1 aromatic rings. The van der Waals surface area contributed by atoms with Crippen LogP contribution in [-0.2, 0) is 4.74 Å². The highest BCUT2D eigenvalue weighted by Gasteiger charge is 2.15. The van der Waals surface area contributed by atoms with Crippen LogP contribution in [0.4, 0.5) is 10.5 Å². The van der Waals surface area contributed by atoms with Crippen molar-refractivity contribution in [3.63, 3.8) is 0 Å². The van der Waals surface area contributed by atoms with Crippen molar-refractivity contribution in [2.75, 3.05) is 25.0 Å². The van der Waals surface area contributed by atoms with Gasteiger partial charge in [-0.2, -0.15) is 0 Å². The highest BCUT2D eigenvalue weighted by Crippen LogP contribution is 2.27. The van der Waals surface area contributed by atoms with Crippen LogP contribution in [0.25, 0.3) is 0 Å². The minimum Gasteiger partial charge on any atom is -0.492 e. The van der Waals surface area contributed by atoms with Crippen LogP contribution in [-0.4, -0.2) is 31.4 Å². The number of alkyl carbamates (subject to hydrolysis) is 1. The number of carbonyl (C=O) groups excluding carboxylic acids is 1. The van der Waals surface area contributed by atoms with Gasteiger partial charge in [-0.15, -0.1) is 0 Å². The lowest BCUT2D eigenvalue weighted by molar-refractivity contribution is 0.0528. The lowest BCUT2D eigenvalue weighted by Gasteiger charge is -2.19. The first-order valence-corrected chi connectivity index (χ1v) is 8.32. The van der Waals surface area contributed by atoms with E-state index in [-0.39, 0.29) is 0 Å². The molecule has 1 amide bonds. The van der Waals surface area contributed by atoms with Crippen LogP contribution >= 0.6 is 11.6 Å².